The van der Waals surface area contributed by atoms with E-state index in [1.807, 2.05) is 0 Å². The highest BCUT2D eigenvalue weighted by molar-refractivity contribution is 7.86. The Morgan fingerprint density at radius 1 is 1.05 bits per heavy atom. The number of rotatable bonds is 2. The van der Waals surface area contributed by atoms with Crippen molar-refractivity contribution in [3.05, 3.63) is 0 Å². The molecule has 3 aliphatic heterocycles. The van der Waals surface area contributed by atoms with Crippen molar-refractivity contribution in [2.75, 3.05) is 19.5 Å². The highest BCUT2D eigenvalue weighted by Crippen LogP contribution is 2.45. The van der Waals surface area contributed by atoms with Gasteiger partial charge < -0.3 is 23.7 Å². The molecule has 0 amide bonds. The van der Waals surface area contributed by atoms with E-state index in [1.165, 1.54) is 0 Å². The summed E-state index contributed by atoms with van der Waals surface area (Å²) >= 11 is 0. The Bertz CT molecular complexity index is 554. The second-order valence-electron chi connectivity index (χ2n) is 6.77. The van der Waals surface area contributed by atoms with Crippen molar-refractivity contribution < 1.29 is 36.3 Å². The first-order valence-corrected chi connectivity index (χ1v) is 8.95. The third-order valence-corrected chi connectivity index (χ3v) is 4.32. The maximum Gasteiger partial charge on any atom is 0.264 e. The third kappa shape index (κ3) is 3.03. The van der Waals surface area contributed by atoms with Crippen LogP contribution in [0.25, 0.3) is 0 Å². The summed E-state index contributed by atoms with van der Waals surface area (Å²) in [5.74, 6) is -3.09. The Hall–Kier alpha value is -0.290. The van der Waals surface area contributed by atoms with Crippen molar-refractivity contribution in [2.45, 2.75) is 63.4 Å². The zero-order chi connectivity index (χ0) is 16.4. The highest BCUT2D eigenvalue weighted by Gasteiger charge is 2.64. The van der Waals surface area contributed by atoms with Crippen LogP contribution in [0.5, 0.6) is 0 Å². The van der Waals surface area contributed by atoms with Gasteiger partial charge in [0.05, 0.1) is 12.9 Å². The van der Waals surface area contributed by atoms with E-state index < -0.39 is 45.8 Å². The van der Waals surface area contributed by atoms with Crippen LogP contribution in [0, 0.1) is 0 Å². The van der Waals surface area contributed by atoms with E-state index in [0.29, 0.717) is 0 Å². The lowest BCUT2D eigenvalue weighted by molar-refractivity contribution is -0.320. The third-order valence-electron chi connectivity index (χ3n) is 3.76. The standard InChI is InChI=1S/C13H22O8S/c1-11(2)17-7-13(21-11)10(20-22(5,14)15)9-8(6-16-13)18-12(3,4)19-9/h8-10H,6-7H2,1-5H3. The van der Waals surface area contributed by atoms with Gasteiger partial charge in [0.25, 0.3) is 10.1 Å². The fraction of sp³-hybridized carbons (Fsp3) is 1.00. The van der Waals surface area contributed by atoms with Gasteiger partial charge in [-0.05, 0) is 27.7 Å². The molecule has 0 N–H and O–H groups in total. The molecule has 9 heteroatoms. The average Bonchev–Trinajstić information content (AvgIpc) is 2.79. The van der Waals surface area contributed by atoms with Crippen molar-refractivity contribution in [3.63, 3.8) is 0 Å². The van der Waals surface area contributed by atoms with Gasteiger partial charge in [-0.2, -0.15) is 8.42 Å². The summed E-state index contributed by atoms with van der Waals surface area (Å²) in [5.41, 5.74) is 0. The predicted molar refractivity (Wildman–Crippen MR) is 73.3 cm³/mol. The van der Waals surface area contributed by atoms with Gasteiger partial charge in [-0.15, -0.1) is 0 Å². The lowest BCUT2D eigenvalue weighted by Gasteiger charge is -2.42. The molecule has 0 saturated carbocycles. The molecule has 0 radical (unpaired) electrons. The fourth-order valence-corrected chi connectivity index (χ4v) is 3.71. The lowest BCUT2D eigenvalue weighted by Crippen LogP contribution is -2.63. The number of hydrogen-bond donors (Lipinski definition) is 0. The Morgan fingerprint density at radius 3 is 2.27 bits per heavy atom. The summed E-state index contributed by atoms with van der Waals surface area (Å²) in [6.45, 7) is 7.22. The highest BCUT2D eigenvalue weighted by atomic mass is 32.2. The molecule has 0 bridgehead atoms. The van der Waals surface area contributed by atoms with Crippen molar-refractivity contribution in [3.8, 4) is 0 Å². The van der Waals surface area contributed by atoms with E-state index in [0.717, 1.165) is 6.26 Å². The second-order valence-corrected chi connectivity index (χ2v) is 8.37. The van der Waals surface area contributed by atoms with E-state index in [4.69, 9.17) is 27.9 Å². The molecule has 3 heterocycles. The van der Waals surface area contributed by atoms with Crippen LogP contribution >= 0.6 is 0 Å². The van der Waals surface area contributed by atoms with Crippen LogP contribution in [0.3, 0.4) is 0 Å². The summed E-state index contributed by atoms with van der Waals surface area (Å²) in [6, 6.07) is 0. The van der Waals surface area contributed by atoms with Crippen LogP contribution in [-0.2, 0) is 38.0 Å². The first-order valence-electron chi connectivity index (χ1n) is 7.13. The molecule has 22 heavy (non-hydrogen) atoms. The van der Waals surface area contributed by atoms with Gasteiger partial charge in [0.2, 0.25) is 5.79 Å². The first-order chi connectivity index (χ1) is 9.92. The topological polar surface area (TPSA) is 89.5 Å². The number of fused-ring (bicyclic) bond motifs is 1. The summed E-state index contributed by atoms with van der Waals surface area (Å²) in [5, 5.41) is 0. The lowest BCUT2D eigenvalue weighted by atomic mass is 9.97. The maximum absolute atomic E-state index is 11.7. The van der Waals surface area contributed by atoms with Crippen LogP contribution < -0.4 is 0 Å². The van der Waals surface area contributed by atoms with Crippen molar-refractivity contribution in [2.24, 2.45) is 0 Å². The molecule has 0 aliphatic carbocycles. The van der Waals surface area contributed by atoms with Gasteiger partial charge in [0.1, 0.15) is 18.8 Å². The normalized spacial score (nSPS) is 43.4. The minimum absolute atomic E-state index is 0.0488. The molecular weight excluding hydrogens is 316 g/mol. The molecule has 3 rings (SSSR count). The molecule has 3 fully saturated rings. The number of ether oxygens (including phenoxy) is 5. The van der Waals surface area contributed by atoms with E-state index in [2.05, 4.69) is 0 Å². The maximum atomic E-state index is 11.7. The molecule has 3 saturated heterocycles. The Balaban J connectivity index is 1.94. The van der Waals surface area contributed by atoms with Gasteiger partial charge in [-0.3, -0.25) is 4.18 Å². The zero-order valence-electron chi connectivity index (χ0n) is 13.3. The Kier molecular flexibility index (Phi) is 3.65. The Labute approximate surface area is 130 Å². The summed E-state index contributed by atoms with van der Waals surface area (Å²) in [4.78, 5) is 0. The summed E-state index contributed by atoms with van der Waals surface area (Å²) in [7, 11) is -3.75. The fourth-order valence-electron chi connectivity index (χ4n) is 3.08. The van der Waals surface area contributed by atoms with Crippen LogP contribution in [0.4, 0.5) is 0 Å². The van der Waals surface area contributed by atoms with Gasteiger partial charge in [0.15, 0.2) is 17.7 Å². The first kappa shape index (κ1) is 16.6. The predicted octanol–water partition coefficient (Wildman–Crippen LogP) is 0.361. The molecule has 3 aliphatic rings. The minimum atomic E-state index is -3.75. The molecule has 128 valence electrons. The van der Waals surface area contributed by atoms with E-state index in [-0.39, 0.29) is 13.2 Å². The van der Waals surface area contributed by atoms with Crippen molar-refractivity contribution in [1.82, 2.24) is 0 Å². The SMILES string of the molecule is CC1(C)OC2COC3(COC(C)(C)O3)C(OS(C)(=O)=O)C2O1. The summed E-state index contributed by atoms with van der Waals surface area (Å²) < 4.78 is 57.4. The molecule has 0 aromatic heterocycles. The smallest absolute Gasteiger partial charge is 0.264 e. The molecule has 0 aromatic carbocycles. The van der Waals surface area contributed by atoms with E-state index >= 15 is 0 Å². The molecule has 1 spiro atoms. The number of hydrogen-bond acceptors (Lipinski definition) is 8. The van der Waals surface area contributed by atoms with Crippen LogP contribution in [0.1, 0.15) is 27.7 Å². The second kappa shape index (κ2) is 4.85. The van der Waals surface area contributed by atoms with Crippen LogP contribution in [0.15, 0.2) is 0 Å². The van der Waals surface area contributed by atoms with Gasteiger partial charge in [-0.1, -0.05) is 0 Å². The zero-order valence-corrected chi connectivity index (χ0v) is 14.1. The largest absolute Gasteiger partial charge is 0.345 e. The molecule has 8 nitrogen and oxygen atoms in total. The minimum Gasteiger partial charge on any atom is -0.345 e. The van der Waals surface area contributed by atoms with E-state index in [1.54, 1.807) is 27.7 Å². The van der Waals surface area contributed by atoms with Crippen LogP contribution in [-0.4, -0.2) is 63.6 Å². The van der Waals surface area contributed by atoms with Crippen molar-refractivity contribution >= 4 is 10.1 Å². The molecule has 0 aromatic rings. The van der Waals surface area contributed by atoms with E-state index in [9.17, 15) is 8.42 Å². The van der Waals surface area contributed by atoms with Gasteiger partial charge >= 0.3 is 0 Å². The van der Waals surface area contributed by atoms with Crippen molar-refractivity contribution in [1.29, 1.82) is 0 Å². The monoisotopic (exact) mass is 338 g/mol. The van der Waals surface area contributed by atoms with Crippen LogP contribution in [0.2, 0.25) is 0 Å². The quantitative estimate of drug-likeness (QED) is 0.667. The van der Waals surface area contributed by atoms with Gasteiger partial charge in [-0.25, -0.2) is 0 Å². The molecular formula is C13H22O8S. The molecule has 4 unspecified atom stereocenters. The van der Waals surface area contributed by atoms with Gasteiger partial charge in [0, 0.05) is 0 Å². The Morgan fingerprint density at radius 2 is 1.73 bits per heavy atom. The molecule has 4 atom stereocenters. The summed E-state index contributed by atoms with van der Waals surface area (Å²) in [6.07, 6.45) is -1.09. The average molecular weight is 338 g/mol.